The van der Waals surface area contributed by atoms with Crippen molar-refractivity contribution >= 4 is 23.9 Å². The number of fused-ring (bicyclic) bond motifs is 3. The highest BCUT2D eigenvalue weighted by Gasteiger charge is 2.40. The minimum Gasteiger partial charge on any atom is -0.480 e. The standard InChI is InChI=1S/C25H27N3O6/c1-15(23(30)28-21(24(31)32)13-22(29)27-28)7-6-12-26-25(33)34-14-20-18-10-4-2-8-16(18)17-9-3-5-11-19(17)20/h2-5,8-11,15,20-21H,6-7,12-14H2,1H3,(H,26,33)(H,27,29)(H,31,32). The topological polar surface area (TPSA) is 125 Å². The van der Waals surface area contributed by atoms with Crippen molar-refractivity contribution in [2.45, 2.75) is 38.1 Å². The molecule has 2 aromatic carbocycles. The number of amides is 3. The molecule has 0 aromatic heterocycles. The zero-order valence-corrected chi connectivity index (χ0v) is 18.8. The lowest BCUT2D eigenvalue weighted by Crippen LogP contribution is -2.48. The average molecular weight is 466 g/mol. The summed E-state index contributed by atoms with van der Waals surface area (Å²) in [6.45, 7) is 2.20. The summed E-state index contributed by atoms with van der Waals surface area (Å²) in [6, 6.07) is 15.0. The SMILES string of the molecule is CC(CCCNC(=O)OCC1c2ccccc2-c2ccccc21)C(=O)N1NC(=O)CC1C(=O)O. The monoisotopic (exact) mass is 465 g/mol. The van der Waals surface area contributed by atoms with E-state index >= 15 is 0 Å². The largest absolute Gasteiger partial charge is 0.480 e. The fourth-order valence-electron chi connectivity index (χ4n) is 4.54. The van der Waals surface area contributed by atoms with Gasteiger partial charge in [-0.15, -0.1) is 0 Å². The van der Waals surface area contributed by atoms with Gasteiger partial charge in [0.05, 0.1) is 6.42 Å². The third-order valence-corrected chi connectivity index (χ3v) is 6.31. The maximum atomic E-state index is 12.5. The van der Waals surface area contributed by atoms with Gasteiger partial charge in [0.15, 0.2) is 6.04 Å². The Morgan fingerprint density at radius 1 is 1.12 bits per heavy atom. The maximum absolute atomic E-state index is 12.5. The molecule has 178 valence electrons. The number of aliphatic carboxylic acids is 1. The molecule has 1 aliphatic heterocycles. The van der Waals surface area contributed by atoms with Crippen molar-refractivity contribution in [2.24, 2.45) is 5.92 Å². The summed E-state index contributed by atoms with van der Waals surface area (Å²) < 4.78 is 5.49. The second-order valence-electron chi connectivity index (χ2n) is 8.60. The number of carboxylic acids is 1. The Morgan fingerprint density at radius 2 is 1.74 bits per heavy atom. The normalized spacial score (nSPS) is 17.5. The molecule has 3 N–H and O–H groups in total. The first-order chi connectivity index (χ1) is 16.4. The second-order valence-corrected chi connectivity index (χ2v) is 8.60. The van der Waals surface area contributed by atoms with Gasteiger partial charge in [-0.2, -0.15) is 0 Å². The zero-order valence-electron chi connectivity index (χ0n) is 18.8. The molecule has 1 fully saturated rings. The number of alkyl carbamates (subject to hydrolysis) is 1. The van der Waals surface area contributed by atoms with E-state index in [-0.39, 0.29) is 18.9 Å². The van der Waals surface area contributed by atoms with Crippen molar-refractivity contribution in [3.63, 3.8) is 0 Å². The molecule has 1 aliphatic carbocycles. The van der Waals surface area contributed by atoms with Crippen LogP contribution in [0.3, 0.4) is 0 Å². The molecule has 0 spiro atoms. The molecule has 1 heterocycles. The van der Waals surface area contributed by atoms with E-state index in [1.165, 1.54) is 0 Å². The van der Waals surface area contributed by atoms with Gasteiger partial charge in [-0.3, -0.25) is 15.0 Å². The zero-order chi connectivity index (χ0) is 24.2. The van der Waals surface area contributed by atoms with Crippen LogP contribution in [0.5, 0.6) is 0 Å². The summed E-state index contributed by atoms with van der Waals surface area (Å²) in [5.41, 5.74) is 6.89. The number of carbonyl (C=O) groups excluding carboxylic acids is 3. The number of carbonyl (C=O) groups is 4. The highest BCUT2D eigenvalue weighted by Crippen LogP contribution is 2.44. The van der Waals surface area contributed by atoms with Crippen LogP contribution in [-0.2, 0) is 19.1 Å². The van der Waals surface area contributed by atoms with Crippen LogP contribution in [0.2, 0.25) is 0 Å². The molecule has 3 amide bonds. The summed E-state index contributed by atoms with van der Waals surface area (Å²) in [5, 5.41) is 12.8. The van der Waals surface area contributed by atoms with Gasteiger partial charge in [0, 0.05) is 18.4 Å². The van der Waals surface area contributed by atoms with Gasteiger partial charge in [0.1, 0.15) is 6.61 Å². The highest BCUT2D eigenvalue weighted by atomic mass is 16.5. The number of nitrogens with zero attached hydrogens (tertiary/aromatic N) is 1. The van der Waals surface area contributed by atoms with Gasteiger partial charge < -0.3 is 15.2 Å². The quantitative estimate of drug-likeness (QED) is 0.515. The second kappa shape index (κ2) is 9.94. The van der Waals surface area contributed by atoms with E-state index in [1.807, 2.05) is 24.3 Å². The third-order valence-electron chi connectivity index (χ3n) is 6.31. The number of carboxylic acid groups (broad SMARTS) is 1. The van der Waals surface area contributed by atoms with Gasteiger partial charge in [0.2, 0.25) is 11.8 Å². The number of rotatable bonds is 8. The molecule has 2 unspecified atom stereocenters. The fourth-order valence-corrected chi connectivity index (χ4v) is 4.54. The minimum absolute atomic E-state index is 0.0198. The third kappa shape index (κ3) is 4.73. The Morgan fingerprint density at radius 3 is 2.35 bits per heavy atom. The molecular weight excluding hydrogens is 438 g/mol. The van der Waals surface area contributed by atoms with Crippen molar-refractivity contribution in [3.8, 4) is 11.1 Å². The maximum Gasteiger partial charge on any atom is 0.407 e. The van der Waals surface area contributed by atoms with Crippen LogP contribution in [0.4, 0.5) is 4.79 Å². The van der Waals surface area contributed by atoms with Crippen molar-refractivity contribution in [1.82, 2.24) is 15.8 Å². The Balaban J connectivity index is 1.22. The van der Waals surface area contributed by atoms with Crippen LogP contribution in [0.1, 0.15) is 43.2 Å². The lowest BCUT2D eigenvalue weighted by atomic mass is 9.98. The summed E-state index contributed by atoms with van der Waals surface area (Å²) >= 11 is 0. The van der Waals surface area contributed by atoms with Gasteiger partial charge >= 0.3 is 12.1 Å². The first-order valence-electron chi connectivity index (χ1n) is 11.3. The number of nitrogens with one attached hydrogen (secondary N) is 2. The van der Waals surface area contributed by atoms with Crippen LogP contribution in [0.15, 0.2) is 48.5 Å². The Labute approximate surface area is 197 Å². The molecule has 2 aromatic rings. The molecule has 0 saturated carbocycles. The molecular formula is C25H27N3O6. The van der Waals surface area contributed by atoms with Crippen molar-refractivity contribution in [1.29, 1.82) is 0 Å². The van der Waals surface area contributed by atoms with Crippen LogP contribution in [0, 0.1) is 5.92 Å². The van der Waals surface area contributed by atoms with Crippen LogP contribution in [0.25, 0.3) is 11.1 Å². The Kier molecular flexibility index (Phi) is 6.81. The number of hydrazine groups is 1. The van der Waals surface area contributed by atoms with E-state index < -0.39 is 35.8 Å². The number of hydrogen-bond acceptors (Lipinski definition) is 5. The number of benzene rings is 2. The van der Waals surface area contributed by atoms with E-state index in [0.717, 1.165) is 27.3 Å². The van der Waals surface area contributed by atoms with Gasteiger partial charge in [0.25, 0.3) is 0 Å². The van der Waals surface area contributed by atoms with E-state index in [9.17, 15) is 24.3 Å². The van der Waals surface area contributed by atoms with Crippen LogP contribution >= 0.6 is 0 Å². The number of hydrogen-bond donors (Lipinski definition) is 3. The molecule has 9 heteroatoms. The van der Waals surface area contributed by atoms with Crippen LogP contribution < -0.4 is 10.7 Å². The summed E-state index contributed by atoms with van der Waals surface area (Å²) in [5.74, 6) is -2.71. The molecule has 2 aliphatic rings. The minimum atomic E-state index is -1.23. The van der Waals surface area contributed by atoms with Crippen molar-refractivity contribution in [2.75, 3.05) is 13.2 Å². The van der Waals surface area contributed by atoms with E-state index in [0.29, 0.717) is 19.4 Å². The Hall–Kier alpha value is -3.88. The van der Waals surface area contributed by atoms with E-state index in [2.05, 4.69) is 35.0 Å². The molecule has 34 heavy (non-hydrogen) atoms. The lowest BCUT2D eigenvalue weighted by molar-refractivity contribution is -0.152. The van der Waals surface area contributed by atoms with Crippen molar-refractivity contribution in [3.05, 3.63) is 59.7 Å². The molecule has 1 saturated heterocycles. The van der Waals surface area contributed by atoms with E-state index in [4.69, 9.17) is 4.74 Å². The summed E-state index contributed by atoms with van der Waals surface area (Å²) in [4.78, 5) is 47.5. The Bertz CT molecular complexity index is 1070. The predicted octanol–water partition coefficient (Wildman–Crippen LogP) is 2.66. The predicted molar refractivity (Wildman–Crippen MR) is 122 cm³/mol. The summed E-state index contributed by atoms with van der Waals surface area (Å²) in [7, 11) is 0. The first-order valence-corrected chi connectivity index (χ1v) is 11.3. The number of ether oxygens (including phenoxy) is 1. The van der Waals surface area contributed by atoms with Gasteiger partial charge in [-0.25, -0.2) is 14.6 Å². The van der Waals surface area contributed by atoms with Gasteiger partial charge in [-0.1, -0.05) is 55.5 Å². The van der Waals surface area contributed by atoms with Crippen LogP contribution in [-0.4, -0.2) is 53.2 Å². The smallest absolute Gasteiger partial charge is 0.407 e. The summed E-state index contributed by atoms with van der Waals surface area (Å²) in [6.07, 6.45) is 0.133. The molecule has 2 atom stereocenters. The van der Waals surface area contributed by atoms with E-state index in [1.54, 1.807) is 6.92 Å². The first kappa shape index (κ1) is 23.3. The highest BCUT2D eigenvalue weighted by molar-refractivity contribution is 5.94. The molecule has 9 nitrogen and oxygen atoms in total. The van der Waals surface area contributed by atoms with Gasteiger partial charge in [-0.05, 0) is 35.1 Å². The lowest BCUT2D eigenvalue weighted by Gasteiger charge is -2.23. The molecule has 0 bridgehead atoms. The fraction of sp³-hybridized carbons (Fsp3) is 0.360. The molecule has 0 radical (unpaired) electrons. The molecule has 4 rings (SSSR count). The van der Waals surface area contributed by atoms with Crippen molar-refractivity contribution < 1.29 is 29.0 Å². The average Bonchev–Trinajstić information content (AvgIpc) is 3.38.